The summed E-state index contributed by atoms with van der Waals surface area (Å²) in [4.78, 5) is 37.6. The molecular formula is C25H28F4N6O3. The van der Waals surface area contributed by atoms with Crippen LogP contribution in [0.1, 0.15) is 36.2 Å². The predicted octanol–water partition coefficient (Wildman–Crippen LogP) is 2.76. The van der Waals surface area contributed by atoms with Gasteiger partial charge in [-0.25, -0.2) is 19.4 Å². The van der Waals surface area contributed by atoms with Crippen LogP contribution in [0.25, 0.3) is 0 Å². The van der Waals surface area contributed by atoms with Gasteiger partial charge in [0.2, 0.25) is 11.9 Å². The van der Waals surface area contributed by atoms with E-state index in [1.807, 2.05) is 0 Å². The van der Waals surface area contributed by atoms with Crippen LogP contribution in [0.15, 0.2) is 24.3 Å². The van der Waals surface area contributed by atoms with Crippen molar-refractivity contribution in [2.75, 3.05) is 36.1 Å². The number of halogens is 4. The minimum atomic E-state index is -4.73. The number of fused-ring (bicyclic) bond motifs is 2. The van der Waals surface area contributed by atoms with E-state index < -0.39 is 41.5 Å². The van der Waals surface area contributed by atoms with Crippen LogP contribution < -0.4 is 15.3 Å². The number of carbonyl (C=O) groups excluding carboxylic acids is 2. The van der Waals surface area contributed by atoms with Crippen LogP contribution in [0, 0.1) is 19.7 Å². The monoisotopic (exact) mass is 536 g/mol. The average Bonchev–Trinajstić information content (AvgIpc) is 3.58. The lowest BCUT2D eigenvalue weighted by molar-refractivity contribution is -0.141. The van der Waals surface area contributed by atoms with E-state index in [9.17, 15) is 27.2 Å². The molecule has 0 spiro atoms. The van der Waals surface area contributed by atoms with E-state index in [4.69, 9.17) is 4.74 Å². The summed E-state index contributed by atoms with van der Waals surface area (Å²) in [6.45, 7) is 5.45. The average molecular weight is 537 g/mol. The molecule has 38 heavy (non-hydrogen) atoms. The molecule has 2 amide bonds. The second-order valence-electron chi connectivity index (χ2n) is 9.93. The van der Waals surface area contributed by atoms with Crippen LogP contribution in [0.5, 0.6) is 0 Å². The SMILES string of the molecule is Cc1cc(C(F)(F)F)nc(N2NC(=O)CC2C(=O)N(CCCN2C[C@@H]3C[C@H]2CO3)c2ccc(F)c(C)c2)n1. The number of aryl methyl sites for hydroxylation is 2. The van der Waals surface area contributed by atoms with Gasteiger partial charge in [-0.15, -0.1) is 0 Å². The van der Waals surface area contributed by atoms with Gasteiger partial charge in [-0.3, -0.25) is 19.9 Å². The normalized spacial score (nSPS) is 23.3. The third-order valence-corrected chi connectivity index (χ3v) is 7.13. The summed E-state index contributed by atoms with van der Waals surface area (Å²) in [7, 11) is 0. The number of nitrogens with zero attached hydrogens (tertiary/aromatic N) is 5. The number of nitrogens with one attached hydrogen (secondary N) is 1. The first kappa shape index (κ1) is 26.3. The first-order valence-electron chi connectivity index (χ1n) is 12.4. The first-order valence-corrected chi connectivity index (χ1v) is 12.4. The molecule has 204 valence electrons. The Morgan fingerprint density at radius 1 is 1.24 bits per heavy atom. The maximum atomic E-state index is 14.0. The molecule has 3 fully saturated rings. The molecule has 13 heteroatoms. The minimum absolute atomic E-state index is 0.0320. The molecule has 5 rings (SSSR count). The van der Waals surface area contributed by atoms with Gasteiger partial charge in [0.25, 0.3) is 5.91 Å². The number of alkyl halides is 3. The highest BCUT2D eigenvalue weighted by Gasteiger charge is 2.42. The highest BCUT2D eigenvalue weighted by molar-refractivity contribution is 6.03. The number of hydrogen-bond acceptors (Lipinski definition) is 7. The number of aromatic nitrogens is 2. The van der Waals surface area contributed by atoms with E-state index in [1.54, 1.807) is 13.0 Å². The van der Waals surface area contributed by atoms with E-state index in [0.717, 1.165) is 30.6 Å². The summed E-state index contributed by atoms with van der Waals surface area (Å²) in [6.07, 6.45) is -3.21. The Hall–Kier alpha value is -3.32. The minimum Gasteiger partial charge on any atom is -0.375 e. The molecule has 3 aliphatic heterocycles. The Balaban J connectivity index is 1.40. The van der Waals surface area contributed by atoms with Gasteiger partial charge in [-0.2, -0.15) is 13.2 Å². The lowest BCUT2D eigenvalue weighted by Crippen LogP contribution is -2.50. The van der Waals surface area contributed by atoms with Crippen LogP contribution >= 0.6 is 0 Å². The maximum Gasteiger partial charge on any atom is 0.433 e. The maximum absolute atomic E-state index is 14.0. The highest BCUT2D eigenvalue weighted by Crippen LogP contribution is 2.31. The van der Waals surface area contributed by atoms with Crippen LogP contribution in [0.2, 0.25) is 0 Å². The number of hydrogen-bond donors (Lipinski definition) is 1. The molecule has 4 heterocycles. The number of rotatable bonds is 7. The van der Waals surface area contributed by atoms with Gasteiger partial charge in [-0.1, -0.05) is 0 Å². The van der Waals surface area contributed by atoms with Crippen molar-refractivity contribution in [1.29, 1.82) is 0 Å². The first-order chi connectivity index (χ1) is 18.0. The number of morpholine rings is 1. The summed E-state index contributed by atoms with van der Waals surface area (Å²) < 4.78 is 59.9. The topological polar surface area (TPSA) is 90.9 Å². The lowest BCUT2D eigenvalue weighted by Gasteiger charge is -2.31. The number of ether oxygens (including phenoxy) is 1. The molecule has 1 unspecified atom stereocenters. The third kappa shape index (κ3) is 5.30. The number of carbonyl (C=O) groups is 2. The van der Waals surface area contributed by atoms with Crippen LogP contribution in [0.4, 0.5) is 29.2 Å². The van der Waals surface area contributed by atoms with Crippen molar-refractivity contribution in [3.63, 3.8) is 0 Å². The molecule has 2 aromatic rings. The van der Waals surface area contributed by atoms with E-state index in [1.165, 1.54) is 24.0 Å². The number of amides is 2. The quantitative estimate of drug-likeness (QED) is 0.545. The molecule has 1 aromatic carbocycles. The van der Waals surface area contributed by atoms with Gasteiger partial charge in [0, 0.05) is 37.1 Å². The van der Waals surface area contributed by atoms with Gasteiger partial charge in [0.15, 0.2) is 0 Å². The van der Waals surface area contributed by atoms with Crippen molar-refractivity contribution in [3.05, 3.63) is 47.0 Å². The fourth-order valence-electron chi connectivity index (χ4n) is 5.25. The zero-order valence-electron chi connectivity index (χ0n) is 21.0. The Morgan fingerprint density at radius 3 is 2.68 bits per heavy atom. The molecule has 3 atom stereocenters. The number of hydrazine groups is 1. The second-order valence-corrected chi connectivity index (χ2v) is 9.93. The molecule has 1 N–H and O–H groups in total. The fourth-order valence-corrected chi connectivity index (χ4v) is 5.25. The van der Waals surface area contributed by atoms with Crippen LogP contribution in [-0.4, -0.2) is 71.1 Å². The summed E-state index contributed by atoms with van der Waals surface area (Å²) in [5.41, 5.74) is 2.05. The standard InChI is InChI=1S/C25H28F4N6O3/c1-14-8-16(4-5-19(14)26)34(7-3-6-33-12-18-10-17(33)13-38-18)23(37)20-11-22(36)32-35(20)24-30-15(2)9-21(31-24)25(27,28)29/h4-5,8-9,17-18,20H,3,6-7,10-13H2,1-2H3,(H,32,36)/t17-,18-,20?/m0/s1. The van der Waals surface area contributed by atoms with Crippen molar-refractivity contribution >= 4 is 23.5 Å². The van der Waals surface area contributed by atoms with Gasteiger partial charge >= 0.3 is 6.18 Å². The molecule has 0 saturated carbocycles. The molecule has 0 radical (unpaired) electrons. The molecule has 3 aliphatic rings. The summed E-state index contributed by atoms with van der Waals surface area (Å²) >= 11 is 0. The Labute approximate surface area is 216 Å². The van der Waals surface area contributed by atoms with Crippen molar-refractivity contribution < 1.29 is 31.9 Å². The number of benzene rings is 1. The summed E-state index contributed by atoms with van der Waals surface area (Å²) in [5.74, 6) is -1.93. The van der Waals surface area contributed by atoms with Gasteiger partial charge in [0.1, 0.15) is 17.6 Å². The number of anilines is 2. The van der Waals surface area contributed by atoms with Crippen LogP contribution in [0.3, 0.4) is 0 Å². The van der Waals surface area contributed by atoms with Gasteiger partial charge in [-0.05, 0) is 56.5 Å². The van der Waals surface area contributed by atoms with Crippen molar-refractivity contribution in [3.8, 4) is 0 Å². The smallest absolute Gasteiger partial charge is 0.375 e. The van der Waals surface area contributed by atoms with Crippen molar-refractivity contribution in [2.45, 2.75) is 57.5 Å². The van der Waals surface area contributed by atoms with Crippen molar-refractivity contribution in [2.24, 2.45) is 0 Å². The molecule has 2 bridgehead atoms. The molecule has 1 aromatic heterocycles. The largest absolute Gasteiger partial charge is 0.433 e. The Morgan fingerprint density at radius 2 is 2.03 bits per heavy atom. The van der Waals surface area contributed by atoms with Gasteiger partial charge < -0.3 is 9.64 Å². The molecule has 9 nitrogen and oxygen atoms in total. The second kappa shape index (κ2) is 10.1. The van der Waals surface area contributed by atoms with Crippen LogP contribution in [-0.2, 0) is 20.5 Å². The van der Waals surface area contributed by atoms with E-state index in [2.05, 4.69) is 20.3 Å². The third-order valence-electron chi connectivity index (χ3n) is 7.13. The molecule has 3 saturated heterocycles. The lowest BCUT2D eigenvalue weighted by atomic mass is 10.1. The molecule has 0 aliphatic carbocycles. The predicted molar refractivity (Wildman–Crippen MR) is 129 cm³/mol. The zero-order chi connectivity index (χ0) is 27.2. The highest BCUT2D eigenvalue weighted by atomic mass is 19.4. The fraction of sp³-hybridized carbons (Fsp3) is 0.520. The summed E-state index contributed by atoms with van der Waals surface area (Å²) in [5, 5.41) is 0.993. The van der Waals surface area contributed by atoms with E-state index >= 15 is 0 Å². The molecular weight excluding hydrogens is 508 g/mol. The Bertz CT molecular complexity index is 1240. The zero-order valence-corrected chi connectivity index (χ0v) is 21.0. The van der Waals surface area contributed by atoms with E-state index in [-0.39, 0.29) is 24.8 Å². The Kier molecular flexibility index (Phi) is 6.99. The van der Waals surface area contributed by atoms with E-state index in [0.29, 0.717) is 30.3 Å². The summed E-state index contributed by atoms with van der Waals surface area (Å²) in [6, 6.07) is 4.24. The van der Waals surface area contributed by atoms with Gasteiger partial charge in [0.05, 0.1) is 19.1 Å². The van der Waals surface area contributed by atoms with Crippen molar-refractivity contribution in [1.82, 2.24) is 20.3 Å². The number of likely N-dealkylation sites (tertiary alicyclic amines) is 1.